The Hall–Kier alpha value is -3.42. The van der Waals surface area contributed by atoms with Crippen LogP contribution in [0.15, 0.2) is 47.0 Å². The fourth-order valence-corrected chi connectivity index (χ4v) is 3.20. The van der Waals surface area contributed by atoms with Gasteiger partial charge in [0.05, 0.1) is 20.1 Å². The highest BCUT2D eigenvalue weighted by Gasteiger charge is 2.35. The largest absolute Gasteiger partial charge is 0.497 e. The van der Waals surface area contributed by atoms with Crippen LogP contribution in [0.4, 0.5) is 10.1 Å². The number of aromatic nitrogens is 2. The Bertz CT molecular complexity index is 981. The summed E-state index contributed by atoms with van der Waals surface area (Å²) in [6, 6.07) is 11.1. The topological polar surface area (TPSA) is 77.7 Å². The van der Waals surface area contributed by atoms with Crippen LogP contribution in [0.3, 0.4) is 0 Å². The maximum absolute atomic E-state index is 13.1. The number of anilines is 1. The first kappa shape index (κ1) is 18.0. The molecule has 1 saturated heterocycles. The first-order valence-corrected chi connectivity index (χ1v) is 8.70. The van der Waals surface area contributed by atoms with Crippen LogP contribution in [0.2, 0.25) is 0 Å². The van der Waals surface area contributed by atoms with Crippen molar-refractivity contribution >= 4 is 11.6 Å². The molecule has 8 heteroatoms. The lowest BCUT2D eigenvalue weighted by Gasteiger charge is -2.15. The van der Waals surface area contributed by atoms with E-state index >= 15 is 0 Å². The number of nitrogens with zero attached hydrogens (tertiary/aromatic N) is 3. The van der Waals surface area contributed by atoms with Crippen LogP contribution >= 0.6 is 0 Å². The minimum absolute atomic E-state index is 0.0700. The van der Waals surface area contributed by atoms with E-state index in [4.69, 9.17) is 14.0 Å². The van der Waals surface area contributed by atoms with Gasteiger partial charge in [0.15, 0.2) is 0 Å². The molecule has 0 spiro atoms. The van der Waals surface area contributed by atoms with E-state index in [-0.39, 0.29) is 24.1 Å². The van der Waals surface area contributed by atoms with Crippen molar-refractivity contribution in [1.29, 1.82) is 0 Å². The lowest BCUT2D eigenvalue weighted by molar-refractivity contribution is -0.117. The van der Waals surface area contributed by atoms with Crippen LogP contribution in [-0.2, 0) is 4.79 Å². The number of methoxy groups -OCH3 is 2. The highest BCUT2D eigenvalue weighted by Crippen LogP contribution is 2.33. The summed E-state index contributed by atoms with van der Waals surface area (Å²) < 4.78 is 29.1. The second kappa shape index (κ2) is 7.30. The summed E-state index contributed by atoms with van der Waals surface area (Å²) in [5, 5.41) is 4.04. The number of carbonyl (C=O) groups excluding carboxylic acids is 1. The molecule has 0 aliphatic carbocycles. The third kappa shape index (κ3) is 3.40. The Morgan fingerprint density at radius 1 is 1.11 bits per heavy atom. The Balaban J connectivity index is 1.57. The summed E-state index contributed by atoms with van der Waals surface area (Å²) in [6.07, 6.45) is 0.250. The van der Waals surface area contributed by atoms with Crippen molar-refractivity contribution in [2.45, 2.75) is 12.3 Å². The summed E-state index contributed by atoms with van der Waals surface area (Å²) in [7, 11) is 3.13. The second-order valence-corrected chi connectivity index (χ2v) is 6.44. The number of rotatable bonds is 5. The molecule has 1 amide bonds. The third-order valence-electron chi connectivity index (χ3n) is 4.66. The molecule has 1 atom stereocenters. The average Bonchev–Trinajstić information content (AvgIpc) is 3.35. The SMILES string of the molecule is COc1cc(OC)cc(-c2noc(C3CC(=O)N(c4ccc(F)cc4)C3)n2)c1. The van der Waals surface area contributed by atoms with Crippen LogP contribution in [0.5, 0.6) is 11.5 Å². The van der Waals surface area contributed by atoms with E-state index in [0.717, 1.165) is 0 Å². The molecule has 2 heterocycles. The van der Waals surface area contributed by atoms with E-state index < -0.39 is 0 Å². The molecule has 1 aliphatic rings. The summed E-state index contributed by atoms with van der Waals surface area (Å²) in [6.45, 7) is 0.396. The fraction of sp³-hybridized carbons (Fsp3) is 0.250. The van der Waals surface area contributed by atoms with Gasteiger partial charge in [0, 0.05) is 30.3 Å². The lowest BCUT2D eigenvalue weighted by atomic mass is 10.1. The van der Waals surface area contributed by atoms with Crippen LogP contribution in [0, 0.1) is 5.82 Å². The predicted octanol–water partition coefficient (Wildman–Crippen LogP) is 3.41. The zero-order valence-corrected chi connectivity index (χ0v) is 15.4. The first-order chi connectivity index (χ1) is 13.6. The predicted molar refractivity (Wildman–Crippen MR) is 98.9 cm³/mol. The summed E-state index contributed by atoms with van der Waals surface area (Å²) in [4.78, 5) is 18.5. The molecule has 7 nitrogen and oxygen atoms in total. The van der Waals surface area contributed by atoms with Gasteiger partial charge in [-0.2, -0.15) is 4.98 Å². The van der Waals surface area contributed by atoms with Crippen LogP contribution in [-0.4, -0.2) is 36.8 Å². The Morgan fingerprint density at radius 2 is 1.79 bits per heavy atom. The van der Waals surface area contributed by atoms with Gasteiger partial charge in [0.2, 0.25) is 17.6 Å². The standard InChI is InChI=1S/C20H18FN3O4/c1-26-16-7-12(8-17(10-16)27-2)19-22-20(28-23-19)13-9-18(25)24(11-13)15-5-3-14(21)4-6-15/h3-8,10,13H,9,11H2,1-2H3. The number of halogens is 1. The van der Waals surface area contributed by atoms with Gasteiger partial charge in [0.25, 0.3) is 0 Å². The van der Waals surface area contributed by atoms with Gasteiger partial charge in [-0.25, -0.2) is 4.39 Å². The van der Waals surface area contributed by atoms with Gasteiger partial charge in [-0.1, -0.05) is 5.16 Å². The van der Waals surface area contributed by atoms with Crippen molar-refractivity contribution in [1.82, 2.24) is 10.1 Å². The minimum atomic E-state index is -0.345. The van der Waals surface area contributed by atoms with E-state index in [1.54, 1.807) is 49.5 Å². The van der Waals surface area contributed by atoms with Crippen molar-refractivity contribution < 1.29 is 23.2 Å². The van der Waals surface area contributed by atoms with Crippen molar-refractivity contribution in [3.05, 3.63) is 54.2 Å². The summed E-state index contributed by atoms with van der Waals surface area (Å²) in [5.74, 6) is 1.35. The van der Waals surface area contributed by atoms with Crippen LogP contribution in [0.25, 0.3) is 11.4 Å². The molecule has 0 N–H and O–H groups in total. The molecule has 1 unspecified atom stereocenters. The number of benzene rings is 2. The number of hydrogen-bond donors (Lipinski definition) is 0. The van der Waals surface area contributed by atoms with Gasteiger partial charge in [-0.3, -0.25) is 4.79 Å². The van der Waals surface area contributed by atoms with Crippen LogP contribution in [0.1, 0.15) is 18.2 Å². The highest BCUT2D eigenvalue weighted by atomic mass is 19.1. The molecule has 1 aromatic heterocycles. The minimum Gasteiger partial charge on any atom is -0.497 e. The van der Waals surface area contributed by atoms with E-state index in [1.165, 1.54) is 12.1 Å². The molecule has 4 rings (SSSR count). The van der Waals surface area contributed by atoms with Gasteiger partial charge < -0.3 is 18.9 Å². The highest BCUT2D eigenvalue weighted by molar-refractivity contribution is 5.96. The molecule has 1 aliphatic heterocycles. The molecule has 0 radical (unpaired) electrons. The van der Waals surface area contributed by atoms with Crippen molar-refractivity contribution in [2.75, 3.05) is 25.7 Å². The molecule has 3 aromatic rings. The number of ether oxygens (including phenoxy) is 2. The summed E-state index contributed by atoms with van der Waals surface area (Å²) >= 11 is 0. The first-order valence-electron chi connectivity index (χ1n) is 8.70. The number of hydrogen-bond acceptors (Lipinski definition) is 6. The molecular formula is C20H18FN3O4. The molecule has 1 fully saturated rings. The smallest absolute Gasteiger partial charge is 0.232 e. The van der Waals surface area contributed by atoms with Crippen molar-refractivity contribution in [3.63, 3.8) is 0 Å². The fourth-order valence-electron chi connectivity index (χ4n) is 3.20. The van der Waals surface area contributed by atoms with Gasteiger partial charge >= 0.3 is 0 Å². The molecule has 0 bridgehead atoms. The molecule has 28 heavy (non-hydrogen) atoms. The zero-order valence-electron chi connectivity index (χ0n) is 15.4. The third-order valence-corrected chi connectivity index (χ3v) is 4.66. The zero-order chi connectivity index (χ0) is 19.7. The van der Waals surface area contributed by atoms with Crippen molar-refractivity contribution in [2.24, 2.45) is 0 Å². The lowest BCUT2D eigenvalue weighted by Crippen LogP contribution is -2.24. The number of amides is 1. The summed E-state index contributed by atoms with van der Waals surface area (Å²) in [5.41, 5.74) is 1.33. The average molecular weight is 383 g/mol. The molecule has 0 saturated carbocycles. The van der Waals surface area contributed by atoms with E-state index in [2.05, 4.69) is 10.1 Å². The maximum atomic E-state index is 13.1. The van der Waals surface area contributed by atoms with E-state index in [9.17, 15) is 9.18 Å². The Morgan fingerprint density at radius 3 is 2.43 bits per heavy atom. The van der Waals surface area contributed by atoms with Gasteiger partial charge in [0.1, 0.15) is 17.3 Å². The van der Waals surface area contributed by atoms with E-state index in [1.807, 2.05) is 0 Å². The van der Waals surface area contributed by atoms with Crippen molar-refractivity contribution in [3.8, 4) is 22.9 Å². The second-order valence-electron chi connectivity index (χ2n) is 6.44. The normalized spacial score (nSPS) is 16.5. The van der Waals surface area contributed by atoms with E-state index in [0.29, 0.717) is 41.0 Å². The monoisotopic (exact) mass is 383 g/mol. The number of carbonyl (C=O) groups is 1. The Kier molecular flexibility index (Phi) is 4.68. The van der Waals surface area contributed by atoms with Crippen LogP contribution < -0.4 is 14.4 Å². The van der Waals surface area contributed by atoms with Gasteiger partial charge in [-0.05, 0) is 36.4 Å². The molecular weight excluding hydrogens is 365 g/mol. The quantitative estimate of drug-likeness (QED) is 0.672. The molecule has 144 valence electrons. The Labute approximate surface area is 160 Å². The van der Waals surface area contributed by atoms with Gasteiger partial charge in [-0.15, -0.1) is 0 Å². The maximum Gasteiger partial charge on any atom is 0.232 e. The molecule has 2 aromatic carbocycles.